The minimum Gasteiger partial charge on any atom is -0.497 e. The number of imidazole rings is 1. The van der Waals surface area contributed by atoms with Crippen LogP contribution in [-0.4, -0.2) is 113 Å². The second-order valence-corrected chi connectivity index (χ2v) is 15.8. The standard InChI is InChI=1S/C36H40N6O10S2/c1-41(2)22-40-33-30-34(38-21-37-33)42(23-39-30)35-32(52-54(6,45)46)31(51-53(5,43)44)29(50-35)20-49-36(24-10-8-7-9-11-24,25-12-16-27(47-3)17-13-25)26-14-18-28(48-4)19-15-26/h7-19,21-23,29,31-32,35H,20H2,1-6H3/t29-,31-,32-,35-/m1/s1. The lowest BCUT2D eigenvalue weighted by Gasteiger charge is -2.37. The monoisotopic (exact) mass is 780 g/mol. The maximum Gasteiger partial charge on any atom is 0.264 e. The first-order chi connectivity index (χ1) is 25.7. The Labute approximate surface area is 313 Å². The van der Waals surface area contributed by atoms with E-state index in [-0.39, 0.29) is 23.6 Å². The number of rotatable bonds is 15. The minimum atomic E-state index is -4.22. The molecule has 0 saturated carbocycles. The predicted octanol–water partition coefficient (Wildman–Crippen LogP) is 3.66. The zero-order chi connectivity index (χ0) is 38.7. The van der Waals surface area contributed by atoms with E-state index in [2.05, 4.69) is 19.9 Å². The van der Waals surface area contributed by atoms with Crippen molar-refractivity contribution in [2.75, 3.05) is 47.4 Å². The van der Waals surface area contributed by atoms with Crippen LogP contribution in [0.15, 0.2) is 96.5 Å². The highest BCUT2D eigenvalue weighted by molar-refractivity contribution is 7.86. The Hall–Kier alpha value is -4.98. The molecule has 0 N–H and O–H groups in total. The van der Waals surface area contributed by atoms with Crippen LogP contribution in [0.5, 0.6) is 11.5 Å². The van der Waals surface area contributed by atoms with Gasteiger partial charge in [-0.15, -0.1) is 0 Å². The van der Waals surface area contributed by atoms with E-state index in [4.69, 9.17) is 27.3 Å². The van der Waals surface area contributed by atoms with Crippen LogP contribution < -0.4 is 9.47 Å². The van der Waals surface area contributed by atoms with Crippen LogP contribution in [0.3, 0.4) is 0 Å². The highest BCUT2D eigenvalue weighted by Gasteiger charge is 2.52. The summed E-state index contributed by atoms with van der Waals surface area (Å²) in [6.07, 6.45) is 0.253. The molecule has 0 aliphatic carbocycles. The first-order valence-corrected chi connectivity index (χ1v) is 20.1. The third-order valence-electron chi connectivity index (χ3n) is 8.52. The Bertz CT molecular complexity index is 2260. The molecule has 1 saturated heterocycles. The fourth-order valence-corrected chi connectivity index (χ4v) is 7.51. The number of aromatic nitrogens is 4. The van der Waals surface area contributed by atoms with Gasteiger partial charge in [0.05, 0.1) is 46.0 Å². The third kappa shape index (κ3) is 8.38. The van der Waals surface area contributed by atoms with Gasteiger partial charge >= 0.3 is 0 Å². The van der Waals surface area contributed by atoms with Gasteiger partial charge in [-0.1, -0.05) is 54.6 Å². The number of aliphatic imine (C=N–C) groups is 1. The SMILES string of the molecule is COc1ccc(C(OC[C@H]2O[C@@H](n3cnc4c(N=CN(C)C)ncnc43)[C@H](OS(C)(=O)=O)[C@@H]2OS(C)(=O)=O)(c2ccccc2)c2ccc(OC)cc2)cc1. The maximum absolute atomic E-state index is 12.8. The minimum absolute atomic E-state index is 0.220. The van der Waals surface area contributed by atoms with Crippen molar-refractivity contribution in [1.29, 1.82) is 0 Å². The van der Waals surface area contributed by atoms with Crippen molar-refractivity contribution in [3.63, 3.8) is 0 Å². The molecule has 1 aliphatic rings. The molecule has 286 valence electrons. The van der Waals surface area contributed by atoms with E-state index < -0.39 is 50.4 Å². The Kier molecular flexibility index (Phi) is 11.3. The van der Waals surface area contributed by atoms with Gasteiger partial charge in [0.2, 0.25) is 0 Å². The van der Waals surface area contributed by atoms with E-state index in [0.29, 0.717) is 22.6 Å². The number of hydrogen-bond acceptors (Lipinski definition) is 14. The molecule has 0 spiro atoms. The molecule has 3 aromatic carbocycles. The van der Waals surface area contributed by atoms with Crippen molar-refractivity contribution in [3.05, 3.63) is 108 Å². The summed E-state index contributed by atoms with van der Waals surface area (Å²) in [5, 5.41) is 0. The van der Waals surface area contributed by atoms with E-state index in [1.807, 2.05) is 54.6 Å². The molecular formula is C36H40N6O10S2. The topological polar surface area (TPSA) is 183 Å². The van der Waals surface area contributed by atoms with Crippen molar-refractivity contribution < 1.29 is 44.1 Å². The van der Waals surface area contributed by atoms with Gasteiger partial charge < -0.3 is 23.8 Å². The van der Waals surface area contributed by atoms with Crippen LogP contribution in [0.4, 0.5) is 5.82 Å². The zero-order valence-electron chi connectivity index (χ0n) is 30.3. The van der Waals surface area contributed by atoms with Crippen LogP contribution in [0, 0.1) is 0 Å². The Morgan fingerprint density at radius 3 is 1.89 bits per heavy atom. The van der Waals surface area contributed by atoms with Crippen LogP contribution in [0.25, 0.3) is 11.2 Å². The summed E-state index contributed by atoms with van der Waals surface area (Å²) in [7, 11) is -1.73. The van der Waals surface area contributed by atoms with Crippen molar-refractivity contribution >= 4 is 43.6 Å². The number of hydrogen-bond donors (Lipinski definition) is 0. The molecule has 1 fully saturated rings. The van der Waals surface area contributed by atoms with Gasteiger partial charge in [0, 0.05) is 14.1 Å². The van der Waals surface area contributed by atoms with Gasteiger partial charge in [-0.2, -0.15) is 16.8 Å². The summed E-state index contributed by atoms with van der Waals surface area (Å²) in [5.41, 5.74) is 1.28. The van der Waals surface area contributed by atoms with Crippen LogP contribution in [-0.2, 0) is 43.7 Å². The highest BCUT2D eigenvalue weighted by Crippen LogP contribution is 2.44. The summed E-state index contributed by atoms with van der Waals surface area (Å²) in [6.45, 7) is -0.326. The summed E-state index contributed by atoms with van der Waals surface area (Å²) in [6, 6.07) is 24.1. The fourth-order valence-electron chi connectivity index (χ4n) is 6.26. The largest absolute Gasteiger partial charge is 0.497 e. The smallest absolute Gasteiger partial charge is 0.264 e. The van der Waals surface area contributed by atoms with Gasteiger partial charge in [0.25, 0.3) is 20.2 Å². The summed E-state index contributed by atoms with van der Waals surface area (Å²) < 4.78 is 88.1. The molecule has 0 amide bonds. The molecule has 6 rings (SSSR count). The first-order valence-electron chi connectivity index (χ1n) is 16.5. The number of methoxy groups -OCH3 is 2. The van der Waals surface area contributed by atoms with Crippen molar-refractivity contribution in [1.82, 2.24) is 24.4 Å². The molecule has 16 nitrogen and oxygen atoms in total. The number of fused-ring (bicyclic) bond motifs is 1. The Balaban J connectivity index is 1.49. The van der Waals surface area contributed by atoms with E-state index in [1.54, 1.807) is 57.5 Å². The van der Waals surface area contributed by atoms with Crippen LogP contribution >= 0.6 is 0 Å². The van der Waals surface area contributed by atoms with Crippen LogP contribution in [0.1, 0.15) is 22.9 Å². The molecule has 0 radical (unpaired) electrons. The Morgan fingerprint density at radius 2 is 1.35 bits per heavy atom. The molecule has 0 unspecified atom stereocenters. The van der Waals surface area contributed by atoms with Crippen molar-refractivity contribution in [2.45, 2.75) is 30.1 Å². The van der Waals surface area contributed by atoms with Gasteiger partial charge in [-0.3, -0.25) is 12.9 Å². The molecule has 2 aromatic heterocycles. The predicted molar refractivity (Wildman–Crippen MR) is 199 cm³/mol. The van der Waals surface area contributed by atoms with E-state index in [0.717, 1.165) is 18.1 Å². The molecule has 0 bridgehead atoms. The third-order valence-corrected chi connectivity index (χ3v) is 9.66. The van der Waals surface area contributed by atoms with E-state index in [9.17, 15) is 16.8 Å². The molecule has 18 heteroatoms. The lowest BCUT2D eigenvalue weighted by molar-refractivity contribution is -0.0912. The van der Waals surface area contributed by atoms with Crippen LogP contribution in [0.2, 0.25) is 0 Å². The number of nitrogens with zero attached hydrogens (tertiary/aromatic N) is 6. The molecule has 5 aromatic rings. The molecule has 54 heavy (non-hydrogen) atoms. The van der Waals surface area contributed by atoms with E-state index >= 15 is 0 Å². The summed E-state index contributed by atoms with van der Waals surface area (Å²) >= 11 is 0. The van der Waals surface area contributed by atoms with Gasteiger partial charge in [-0.25, -0.2) is 19.9 Å². The second kappa shape index (κ2) is 15.8. The second-order valence-electron chi connectivity index (χ2n) is 12.6. The molecular weight excluding hydrogens is 741 g/mol. The first kappa shape index (κ1) is 38.7. The average Bonchev–Trinajstić information content (AvgIpc) is 3.71. The number of benzene rings is 3. The number of ether oxygens (including phenoxy) is 4. The van der Waals surface area contributed by atoms with E-state index in [1.165, 1.54) is 23.6 Å². The quantitative estimate of drug-likeness (QED) is 0.0649. The highest BCUT2D eigenvalue weighted by atomic mass is 32.2. The normalized spacial score (nSPS) is 19.4. The van der Waals surface area contributed by atoms with Crippen molar-refractivity contribution in [2.24, 2.45) is 4.99 Å². The average molecular weight is 781 g/mol. The zero-order valence-corrected chi connectivity index (χ0v) is 32.0. The summed E-state index contributed by atoms with van der Waals surface area (Å²) in [5.74, 6) is 1.47. The molecule has 3 heterocycles. The van der Waals surface area contributed by atoms with Gasteiger partial charge in [0.1, 0.15) is 35.6 Å². The molecule has 4 atom stereocenters. The fraction of sp³-hybridized carbons (Fsp3) is 0.333. The lowest BCUT2D eigenvalue weighted by atomic mass is 9.80. The van der Waals surface area contributed by atoms with Gasteiger partial charge in [0.15, 0.2) is 29.3 Å². The summed E-state index contributed by atoms with van der Waals surface area (Å²) in [4.78, 5) is 19.1. The molecule has 1 aliphatic heterocycles. The van der Waals surface area contributed by atoms with Gasteiger partial charge in [-0.05, 0) is 41.0 Å². The maximum atomic E-state index is 12.8. The lowest BCUT2D eigenvalue weighted by Crippen LogP contribution is -2.43. The Morgan fingerprint density at radius 1 is 0.796 bits per heavy atom. The van der Waals surface area contributed by atoms with Crippen molar-refractivity contribution in [3.8, 4) is 11.5 Å².